The zero-order valence-corrected chi connectivity index (χ0v) is 19.2. The molecular formula is C25H23FN2O5S. The topological polar surface area (TPSA) is 84.9 Å². The number of carbonyl (C=O) groups is 1. The van der Waals surface area contributed by atoms with Gasteiger partial charge in [-0.1, -0.05) is 30.3 Å². The lowest BCUT2D eigenvalue weighted by atomic mass is 9.95. The van der Waals surface area contributed by atoms with E-state index in [4.69, 9.17) is 9.47 Å². The number of fused-ring (bicyclic) bond motifs is 2. The molecular weight excluding hydrogens is 459 g/mol. The third kappa shape index (κ3) is 4.12. The number of nitrogens with zero attached hydrogens (tertiary/aromatic N) is 1. The normalized spacial score (nSPS) is 18.2. The molecule has 7 nitrogen and oxygen atoms in total. The largest absolute Gasteiger partial charge is 0.454 e. The predicted molar refractivity (Wildman–Crippen MR) is 122 cm³/mol. The number of halogens is 1. The molecule has 2 heterocycles. The number of hydrogen-bond acceptors (Lipinski definition) is 5. The summed E-state index contributed by atoms with van der Waals surface area (Å²) in [6.45, 7) is 2.02. The molecule has 2 atom stereocenters. The van der Waals surface area contributed by atoms with E-state index in [0.717, 1.165) is 28.8 Å². The Bertz CT molecular complexity index is 1340. The summed E-state index contributed by atoms with van der Waals surface area (Å²) in [6, 6.07) is 16.2. The van der Waals surface area contributed by atoms with Crippen molar-refractivity contribution < 1.29 is 27.1 Å². The molecule has 0 saturated heterocycles. The molecule has 0 spiro atoms. The fourth-order valence-corrected chi connectivity index (χ4v) is 5.86. The van der Waals surface area contributed by atoms with E-state index < -0.39 is 33.8 Å². The predicted octanol–water partition coefficient (Wildman–Crippen LogP) is 3.55. The van der Waals surface area contributed by atoms with Crippen LogP contribution in [0.25, 0.3) is 0 Å². The average Bonchev–Trinajstić information content (AvgIpc) is 3.31. The average molecular weight is 483 g/mol. The number of nitrogens with one attached hydrogen (secondary N) is 1. The highest BCUT2D eigenvalue weighted by atomic mass is 32.2. The van der Waals surface area contributed by atoms with Crippen molar-refractivity contribution in [3.63, 3.8) is 0 Å². The Kier molecular flexibility index (Phi) is 5.75. The van der Waals surface area contributed by atoms with E-state index in [0.29, 0.717) is 11.5 Å². The van der Waals surface area contributed by atoms with Crippen molar-refractivity contribution in [2.45, 2.75) is 36.9 Å². The quantitative estimate of drug-likeness (QED) is 0.601. The third-order valence-corrected chi connectivity index (χ3v) is 8.05. The van der Waals surface area contributed by atoms with Crippen LogP contribution in [0.2, 0.25) is 0 Å². The van der Waals surface area contributed by atoms with Crippen molar-refractivity contribution in [2.75, 3.05) is 6.79 Å². The summed E-state index contributed by atoms with van der Waals surface area (Å²) in [5.41, 5.74) is 2.56. The maximum absolute atomic E-state index is 13.5. The lowest BCUT2D eigenvalue weighted by Gasteiger charge is -2.35. The summed E-state index contributed by atoms with van der Waals surface area (Å²) in [7, 11) is -4.05. The molecule has 3 aromatic carbocycles. The van der Waals surface area contributed by atoms with Gasteiger partial charge in [0.25, 0.3) is 0 Å². The summed E-state index contributed by atoms with van der Waals surface area (Å²) in [6.07, 6.45) is 0.232. The Morgan fingerprint density at radius 1 is 1.03 bits per heavy atom. The first-order valence-corrected chi connectivity index (χ1v) is 12.3. The number of carbonyl (C=O) groups excluding carboxylic acids is 1. The fraction of sp³-hybridized carbons (Fsp3) is 0.240. The standard InChI is InChI=1S/C25H23FN2O5S/c1-16(17-6-11-23-24(13-17)33-15-32-23)27-25(29)22-12-18-4-2-3-5-19(18)14-28(22)34(30,31)21-9-7-20(26)8-10-21/h2-11,13,16,22H,12,14-15H2,1H3,(H,27,29)/t16-,22+/m1/s1. The monoisotopic (exact) mass is 482 g/mol. The maximum atomic E-state index is 13.5. The van der Waals surface area contributed by atoms with Gasteiger partial charge in [0.1, 0.15) is 11.9 Å². The summed E-state index contributed by atoms with van der Waals surface area (Å²) in [5, 5.41) is 2.95. The van der Waals surface area contributed by atoms with E-state index in [1.54, 1.807) is 12.1 Å². The lowest BCUT2D eigenvalue weighted by Crippen LogP contribution is -2.52. The Morgan fingerprint density at radius 3 is 2.50 bits per heavy atom. The lowest BCUT2D eigenvalue weighted by molar-refractivity contribution is -0.125. The minimum atomic E-state index is -4.05. The summed E-state index contributed by atoms with van der Waals surface area (Å²) in [5.74, 6) is 0.300. The fourth-order valence-electron chi connectivity index (χ4n) is 4.29. The molecule has 5 rings (SSSR count). The first kappa shape index (κ1) is 22.4. The number of sulfonamides is 1. The molecule has 2 aliphatic heterocycles. The van der Waals surface area contributed by atoms with Crippen LogP contribution in [0.4, 0.5) is 4.39 Å². The van der Waals surface area contributed by atoms with Gasteiger partial charge in [-0.3, -0.25) is 4.79 Å². The zero-order chi connectivity index (χ0) is 23.9. The van der Waals surface area contributed by atoms with E-state index in [9.17, 15) is 17.6 Å². The van der Waals surface area contributed by atoms with Crippen molar-refractivity contribution in [3.05, 3.63) is 89.2 Å². The van der Waals surface area contributed by atoms with Crippen molar-refractivity contribution in [2.24, 2.45) is 0 Å². The van der Waals surface area contributed by atoms with E-state index >= 15 is 0 Å². The first-order valence-electron chi connectivity index (χ1n) is 10.9. The highest BCUT2D eigenvalue weighted by Gasteiger charge is 2.40. The Hall–Kier alpha value is -3.43. The molecule has 0 bridgehead atoms. The highest BCUT2D eigenvalue weighted by Crippen LogP contribution is 2.34. The van der Waals surface area contributed by atoms with Crippen LogP contribution >= 0.6 is 0 Å². The van der Waals surface area contributed by atoms with Crippen molar-refractivity contribution in [1.29, 1.82) is 0 Å². The number of ether oxygens (including phenoxy) is 2. The summed E-state index contributed by atoms with van der Waals surface area (Å²) in [4.78, 5) is 13.4. The Balaban J connectivity index is 1.44. The van der Waals surface area contributed by atoms with Crippen molar-refractivity contribution in [1.82, 2.24) is 9.62 Å². The van der Waals surface area contributed by atoms with Gasteiger partial charge in [-0.05, 0) is 66.4 Å². The minimum Gasteiger partial charge on any atom is -0.454 e. The van der Waals surface area contributed by atoms with E-state index in [1.807, 2.05) is 37.3 Å². The van der Waals surface area contributed by atoms with E-state index in [-0.39, 0.29) is 24.7 Å². The van der Waals surface area contributed by atoms with Crippen LogP contribution in [-0.2, 0) is 27.8 Å². The number of hydrogen-bond donors (Lipinski definition) is 1. The molecule has 34 heavy (non-hydrogen) atoms. The first-order chi connectivity index (χ1) is 16.3. The van der Waals surface area contributed by atoms with Crippen LogP contribution in [0.1, 0.15) is 29.7 Å². The molecule has 0 aliphatic carbocycles. The molecule has 2 aliphatic rings. The molecule has 0 unspecified atom stereocenters. The molecule has 1 amide bonds. The van der Waals surface area contributed by atoms with Crippen LogP contribution < -0.4 is 14.8 Å². The molecule has 0 fully saturated rings. The summed E-state index contributed by atoms with van der Waals surface area (Å²) < 4.78 is 52.4. The summed E-state index contributed by atoms with van der Waals surface area (Å²) >= 11 is 0. The minimum absolute atomic E-state index is 0.0480. The van der Waals surface area contributed by atoms with Crippen molar-refractivity contribution in [3.8, 4) is 11.5 Å². The van der Waals surface area contributed by atoms with Crippen LogP contribution in [0.15, 0.2) is 71.6 Å². The number of amides is 1. The molecule has 1 N–H and O–H groups in total. The van der Waals surface area contributed by atoms with Gasteiger partial charge in [-0.2, -0.15) is 4.31 Å². The van der Waals surface area contributed by atoms with Gasteiger partial charge < -0.3 is 14.8 Å². The Labute approximate surface area is 197 Å². The second kappa shape index (κ2) is 8.73. The van der Waals surface area contributed by atoms with Crippen LogP contribution in [-0.4, -0.2) is 31.5 Å². The Morgan fingerprint density at radius 2 is 1.74 bits per heavy atom. The molecule has 9 heteroatoms. The SMILES string of the molecule is C[C@@H](NC(=O)[C@@H]1Cc2ccccc2CN1S(=O)(=O)c1ccc(F)cc1)c1ccc2c(c1)OCO2. The zero-order valence-electron chi connectivity index (χ0n) is 18.4. The molecule has 0 radical (unpaired) electrons. The van der Waals surface area contributed by atoms with Crippen LogP contribution in [0, 0.1) is 5.82 Å². The van der Waals surface area contributed by atoms with Crippen molar-refractivity contribution >= 4 is 15.9 Å². The molecule has 3 aromatic rings. The van der Waals surface area contributed by atoms with Gasteiger partial charge in [-0.15, -0.1) is 0 Å². The molecule has 0 saturated carbocycles. The van der Waals surface area contributed by atoms with Crippen LogP contribution in [0.3, 0.4) is 0 Å². The maximum Gasteiger partial charge on any atom is 0.244 e. The second-order valence-electron chi connectivity index (χ2n) is 8.34. The second-order valence-corrected chi connectivity index (χ2v) is 10.2. The van der Waals surface area contributed by atoms with E-state index in [1.165, 1.54) is 16.4 Å². The van der Waals surface area contributed by atoms with Gasteiger partial charge >= 0.3 is 0 Å². The van der Waals surface area contributed by atoms with Crippen LogP contribution in [0.5, 0.6) is 11.5 Å². The van der Waals surface area contributed by atoms with Gasteiger partial charge in [0.05, 0.1) is 10.9 Å². The highest BCUT2D eigenvalue weighted by molar-refractivity contribution is 7.89. The van der Waals surface area contributed by atoms with Gasteiger partial charge in [0.2, 0.25) is 22.7 Å². The molecule has 176 valence electrons. The molecule has 0 aromatic heterocycles. The third-order valence-electron chi connectivity index (χ3n) is 6.18. The van der Waals surface area contributed by atoms with Gasteiger partial charge in [0.15, 0.2) is 11.5 Å². The van der Waals surface area contributed by atoms with E-state index in [2.05, 4.69) is 5.32 Å². The smallest absolute Gasteiger partial charge is 0.244 e. The van der Waals surface area contributed by atoms with Gasteiger partial charge in [-0.25, -0.2) is 12.8 Å². The number of benzene rings is 3. The number of rotatable bonds is 5. The van der Waals surface area contributed by atoms with Gasteiger partial charge in [0, 0.05) is 6.54 Å².